The molecule has 1 saturated heterocycles. The van der Waals surface area contributed by atoms with E-state index in [1.54, 1.807) is 10.9 Å². The highest BCUT2D eigenvalue weighted by Crippen LogP contribution is 2.29. The summed E-state index contributed by atoms with van der Waals surface area (Å²) in [5.41, 5.74) is 2.59. The van der Waals surface area contributed by atoms with Gasteiger partial charge in [-0.05, 0) is 30.5 Å². The van der Waals surface area contributed by atoms with Crippen LogP contribution >= 0.6 is 0 Å². The molecule has 0 saturated carbocycles. The Bertz CT molecular complexity index is 610. The summed E-state index contributed by atoms with van der Waals surface area (Å²) in [6.07, 6.45) is 4.79. The van der Waals surface area contributed by atoms with Crippen LogP contribution in [0.25, 0.3) is 5.69 Å². The second-order valence-electron chi connectivity index (χ2n) is 5.07. The van der Waals surface area contributed by atoms with Crippen LogP contribution in [0.5, 0.6) is 0 Å². The van der Waals surface area contributed by atoms with Crippen molar-refractivity contribution in [2.75, 3.05) is 18.0 Å². The third-order valence-electron chi connectivity index (χ3n) is 3.65. The van der Waals surface area contributed by atoms with Gasteiger partial charge in [-0.1, -0.05) is 13.0 Å². The van der Waals surface area contributed by atoms with Crippen molar-refractivity contribution in [2.45, 2.75) is 13.3 Å². The third kappa shape index (κ3) is 2.08. The molecule has 0 N–H and O–H groups in total. The topological polar surface area (TPSA) is 44.9 Å². The summed E-state index contributed by atoms with van der Waals surface area (Å²) in [6.45, 7) is 4.30. The Kier molecular flexibility index (Phi) is 2.96. The van der Waals surface area contributed by atoms with E-state index in [0.717, 1.165) is 24.5 Å². The fourth-order valence-corrected chi connectivity index (χ4v) is 2.66. The highest BCUT2D eigenvalue weighted by atomic mass is 15.3. The normalized spacial score (nSPS) is 18.5. The molecule has 1 aliphatic rings. The van der Waals surface area contributed by atoms with Crippen molar-refractivity contribution < 1.29 is 0 Å². The van der Waals surface area contributed by atoms with E-state index in [1.165, 1.54) is 6.42 Å². The van der Waals surface area contributed by atoms with Crippen molar-refractivity contribution >= 4 is 5.69 Å². The highest BCUT2D eigenvalue weighted by Gasteiger charge is 2.22. The molecule has 0 radical (unpaired) electrons. The molecule has 1 fully saturated rings. The molecule has 0 spiro atoms. The summed E-state index contributed by atoms with van der Waals surface area (Å²) in [7, 11) is 0. The van der Waals surface area contributed by atoms with Gasteiger partial charge in [-0.3, -0.25) is 0 Å². The van der Waals surface area contributed by atoms with Crippen molar-refractivity contribution in [1.82, 2.24) is 9.78 Å². The minimum Gasteiger partial charge on any atom is -0.370 e. The Morgan fingerprint density at radius 1 is 1.32 bits per heavy atom. The van der Waals surface area contributed by atoms with Crippen LogP contribution in [0, 0.1) is 17.2 Å². The lowest BCUT2D eigenvalue weighted by Crippen LogP contribution is -2.20. The lowest BCUT2D eigenvalue weighted by Gasteiger charge is -2.21. The zero-order valence-corrected chi connectivity index (χ0v) is 11.0. The molecule has 3 rings (SSSR count). The van der Waals surface area contributed by atoms with Crippen molar-refractivity contribution in [2.24, 2.45) is 5.92 Å². The molecule has 1 aliphatic heterocycles. The number of hydrogen-bond donors (Lipinski definition) is 0. The van der Waals surface area contributed by atoms with Gasteiger partial charge >= 0.3 is 0 Å². The fourth-order valence-electron chi connectivity index (χ4n) is 2.66. The van der Waals surface area contributed by atoms with Gasteiger partial charge in [0.1, 0.15) is 11.6 Å². The first kappa shape index (κ1) is 11.8. The zero-order valence-electron chi connectivity index (χ0n) is 11.0. The fraction of sp³-hybridized carbons (Fsp3) is 0.333. The van der Waals surface area contributed by atoms with Crippen molar-refractivity contribution in [1.29, 1.82) is 5.26 Å². The van der Waals surface area contributed by atoms with Crippen LogP contribution < -0.4 is 4.90 Å². The zero-order chi connectivity index (χ0) is 13.2. The molecule has 4 heteroatoms. The van der Waals surface area contributed by atoms with Gasteiger partial charge in [-0.2, -0.15) is 10.4 Å². The first-order valence-corrected chi connectivity index (χ1v) is 6.57. The SMILES string of the molecule is CC1CCN(c2cccc(-n3cccn3)c2C#N)C1. The molecule has 4 nitrogen and oxygen atoms in total. The largest absolute Gasteiger partial charge is 0.370 e. The summed E-state index contributed by atoms with van der Waals surface area (Å²) in [5, 5.41) is 13.7. The van der Waals surface area contributed by atoms with Crippen LogP contribution in [-0.4, -0.2) is 22.9 Å². The van der Waals surface area contributed by atoms with Gasteiger partial charge in [-0.25, -0.2) is 4.68 Å². The predicted octanol–water partition coefficient (Wildman–Crippen LogP) is 2.59. The molecule has 1 aromatic heterocycles. The molecular weight excluding hydrogens is 236 g/mol. The Balaban J connectivity index is 2.07. The van der Waals surface area contributed by atoms with E-state index in [1.807, 2.05) is 30.5 Å². The van der Waals surface area contributed by atoms with Gasteiger partial charge in [0, 0.05) is 25.5 Å². The van der Waals surface area contributed by atoms with Gasteiger partial charge < -0.3 is 4.90 Å². The molecule has 1 unspecified atom stereocenters. The first-order valence-electron chi connectivity index (χ1n) is 6.57. The number of nitriles is 1. The molecule has 0 amide bonds. The molecule has 2 heterocycles. The number of benzene rings is 1. The van der Waals surface area contributed by atoms with Crippen LogP contribution in [0.3, 0.4) is 0 Å². The second kappa shape index (κ2) is 4.77. The van der Waals surface area contributed by atoms with E-state index in [2.05, 4.69) is 23.0 Å². The molecule has 0 bridgehead atoms. The Morgan fingerprint density at radius 3 is 2.79 bits per heavy atom. The average molecular weight is 252 g/mol. The maximum absolute atomic E-state index is 9.51. The first-order chi connectivity index (χ1) is 9.29. The molecule has 2 aromatic rings. The van der Waals surface area contributed by atoms with E-state index < -0.39 is 0 Å². The predicted molar refractivity (Wildman–Crippen MR) is 74.3 cm³/mol. The number of anilines is 1. The maximum atomic E-state index is 9.51. The molecule has 19 heavy (non-hydrogen) atoms. The summed E-state index contributed by atoms with van der Waals surface area (Å²) in [5.74, 6) is 0.694. The van der Waals surface area contributed by atoms with Crippen molar-refractivity contribution in [3.05, 3.63) is 42.2 Å². The van der Waals surface area contributed by atoms with Crippen LogP contribution in [0.1, 0.15) is 18.9 Å². The summed E-state index contributed by atoms with van der Waals surface area (Å²) >= 11 is 0. The Labute approximate surface area is 112 Å². The van der Waals surface area contributed by atoms with Crippen LogP contribution in [0.15, 0.2) is 36.7 Å². The van der Waals surface area contributed by atoms with Gasteiger partial charge in [0.15, 0.2) is 0 Å². The number of nitrogens with zero attached hydrogens (tertiary/aromatic N) is 4. The molecule has 96 valence electrons. The lowest BCUT2D eigenvalue weighted by molar-refractivity contribution is 0.659. The number of aromatic nitrogens is 2. The lowest BCUT2D eigenvalue weighted by atomic mass is 10.1. The van der Waals surface area contributed by atoms with Crippen LogP contribution in [0.4, 0.5) is 5.69 Å². The summed E-state index contributed by atoms with van der Waals surface area (Å²) in [4.78, 5) is 2.30. The Morgan fingerprint density at radius 2 is 2.16 bits per heavy atom. The van der Waals surface area contributed by atoms with E-state index in [4.69, 9.17) is 0 Å². The quantitative estimate of drug-likeness (QED) is 0.825. The van der Waals surface area contributed by atoms with Gasteiger partial charge in [0.2, 0.25) is 0 Å². The third-order valence-corrected chi connectivity index (χ3v) is 3.65. The van der Waals surface area contributed by atoms with Gasteiger partial charge in [0.25, 0.3) is 0 Å². The maximum Gasteiger partial charge on any atom is 0.104 e. The van der Waals surface area contributed by atoms with E-state index >= 15 is 0 Å². The molecule has 1 aromatic carbocycles. The highest BCUT2D eigenvalue weighted by molar-refractivity contribution is 5.67. The smallest absolute Gasteiger partial charge is 0.104 e. The van der Waals surface area contributed by atoms with Crippen LogP contribution in [0.2, 0.25) is 0 Å². The summed E-state index contributed by atoms with van der Waals surface area (Å²) < 4.78 is 1.75. The summed E-state index contributed by atoms with van der Waals surface area (Å²) in [6, 6.07) is 10.2. The minimum atomic E-state index is 0.694. The standard InChI is InChI=1S/C15H16N4/c1-12-6-9-18(11-12)14-4-2-5-15(13(14)10-16)19-8-3-7-17-19/h2-5,7-8,12H,6,9,11H2,1H3. The second-order valence-corrected chi connectivity index (χ2v) is 5.07. The Hall–Kier alpha value is -2.28. The van der Waals surface area contributed by atoms with E-state index in [0.29, 0.717) is 11.5 Å². The van der Waals surface area contributed by atoms with Gasteiger partial charge in [0.05, 0.1) is 11.4 Å². The van der Waals surface area contributed by atoms with Crippen molar-refractivity contribution in [3.8, 4) is 11.8 Å². The van der Waals surface area contributed by atoms with E-state index in [-0.39, 0.29) is 0 Å². The van der Waals surface area contributed by atoms with Crippen molar-refractivity contribution in [3.63, 3.8) is 0 Å². The average Bonchev–Trinajstić information content (AvgIpc) is 3.08. The number of hydrogen-bond acceptors (Lipinski definition) is 3. The molecular formula is C15H16N4. The monoisotopic (exact) mass is 252 g/mol. The minimum absolute atomic E-state index is 0.694. The molecule has 1 atom stereocenters. The number of rotatable bonds is 2. The van der Waals surface area contributed by atoms with Crippen LogP contribution in [-0.2, 0) is 0 Å². The molecule has 0 aliphatic carbocycles. The van der Waals surface area contributed by atoms with Gasteiger partial charge in [-0.15, -0.1) is 0 Å². The van der Waals surface area contributed by atoms with E-state index in [9.17, 15) is 5.26 Å².